The Labute approximate surface area is 164 Å². The van der Waals surface area contributed by atoms with Gasteiger partial charge in [0.1, 0.15) is 16.5 Å². The van der Waals surface area contributed by atoms with Gasteiger partial charge in [0, 0.05) is 42.9 Å². The van der Waals surface area contributed by atoms with Crippen LogP contribution in [0.15, 0.2) is 0 Å². The van der Waals surface area contributed by atoms with Crippen molar-refractivity contribution in [1.82, 2.24) is 14.9 Å². The van der Waals surface area contributed by atoms with E-state index in [9.17, 15) is 4.79 Å². The fraction of sp³-hybridized carbons (Fsp3) is 0.667. The van der Waals surface area contributed by atoms with Crippen molar-refractivity contribution in [3.05, 3.63) is 16.3 Å². The predicted molar refractivity (Wildman–Crippen MR) is 110 cm³/mol. The van der Waals surface area contributed by atoms with Crippen molar-refractivity contribution in [3.8, 4) is 0 Å². The smallest absolute Gasteiger partial charge is 0.225 e. The zero-order valence-corrected chi connectivity index (χ0v) is 17.1. The second-order valence-electron chi connectivity index (χ2n) is 8.54. The third-order valence-electron chi connectivity index (χ3n) is 6.15. The van der Waals surface area contributed by atoms with Crippen molar-refractivity contribution in [3.63, 3.8) is 0 Å². The van der Waals surface area contributed by atoms with Gasteiger partial charge in [0.25, 0.3) is 0 Å². The van der Waals surface area contributed by atoms with E-state index >= 15 is 0 Å². The maximum absolute atomic E-state index is 12.4. The molecule has 0 radical (unpaired) electrons. The fourth-order valence-corrected chi connectivity index (χ4v) is 5.63. The molecule has 6 heteroatoms. The van der Waals surface area contributed by atoms with E-state index < -0.39 is 0 Å². The van der Waals surface area contributed by atoms with Crippen molar-refractivity contribution in [2.45, 2.75) is 58.3 Å². The van der Waals surface area contributed by atoms with Crippen LogP contribution in [0.1, 0.15) is 61.7 Å². The molecule has 3 aliphatic rings. The Bertz CT molecular complexity index is 878. The van der Waals surface area contributed by atoms with Crippen LogP contribution in [0.3, 0.4) is 0 Å². The summed E-state index contributed by atoms with van der Waals surface area (Å²) < 4.78 is 0. The Hall–Kier alpha value is -1.69. The summed E-state index contributed by atoms with van der Waals surface area (Å²) in [6.07, 6.45) is 7.09. The maximum atomic E-state index is 12.4. The summed E-state index contributed by atoms with van der Waals surface area (Å²) in [5.41, 5.74) is 1.50. The SMILES string of the molecule is CC(C)c1nc(N2CCN(C(=O)C3CC3)CC2)c2c3c(sc2n1)CCCC3. The first-order valence-electron chi connectivity index (χ1n) is 10.5. The molecule has 144 valence electrons. The van der Waals surface area contributed by atoms with Gasteiger partial charge in [-0.25, -0.2) is 9.97 Å². The third kappa shape index (κ3) is 3.12. The van der Waals surface area contributed by atoms with Crippen molar-refractivity contribution in [1.29, 1.82) is 0 Å². The number of hydrogen-bond donors (Lipinski definition) is 0. The van der Waals surface area contributed by atoms with Gasteiger partial charge in [0.2, 0.25) is 5.91 Å². The monoisotopic (exact) mass is 384 g/mol. The second kappa shape index (κ2) is 6.73. The van der Waals surface area contributed by atoms with E-state index in [1.807, 2.05) is 11.3 Å². The second-order valence-corrected chi connectivity index (χ2v) is 9.62. The Kier molecular flexibility index (Phi) is 4.34. The first-order valence-corrected chi connectivity index (χ1v) is 11.3. The quantitative estimate of drug-likeness (QED) is 0.809. The molecule has 1 aliphatic heterocycles. The molecule has 1 saturated heterocycles. The number of carbonyl (C=O) groups is 1. The minimum Gasteiger partial charge on any atom is -0.352 e. The topological polar surface area (TPSA) is 49.3 Å². The van der Waals surface area contributed by atoms with Crippen LogP contribution in [0.25, 0.3) is 10.2 Å². The van der Waals surface area contributed by atoms with Crippen LogP contribution in [0.2, 0.25) is 0 Å². The summed E-state index contributed by atoms with van der Waals surface area (Å²) in [7, 11) is 0. The predicted octanol–water partition coefficient (Wildman–Crippen LogP) is 3.75. The molecule has 0 atom stereocenters. The molecule has 0 spiro atoms. The minimum absolute atomic E-state index is 0.318. The molecule has 3 heterocycles. The molecule has 5 nitrogen and oxygen atoms in total. The molecular formula is C21H28N4OS. The summed E-state index contributed by atoms with van der Waals surface area (Å²) in [5, 5.41) is 1.31. The number of amides is 1. The van der Waals surface area contributed by atoms with Crippen LogP contribution in [-0.4, -0.2) is 47.0 Å². The van der Waals surface area contributed by atoms with Crippen LogP contribution in [0.5, 0.6) is 0 Å². The Morgan fingerprint density at radius 1 is 1.07 bits per heavy atom. The average molecular weight is 385 g/mol. The summed E-state index contributed by atoms with van der Waals surface area (Å²) in [6.45, 7) is 7.75. The van der Waals surface area contributed by atoms with Crippen molar-refractivity contribution in [2.75, 3.05) is 31.1 Å². The van der Waals surface area contributed by atoms with Gasteiger partial charge in [0.15, 0.2) is 0 Å². The highest BCUT2D eigenvalue weighted by Crippen LogP contribution is 2.40. The first kappa shape index (κ1) is 17.4. The summed E-state index contributed by atoms with van der Waals surface area (Å²) in [5.74, 6) is 3.09. The van der Waals surface area contributed by atoms with E-state index in [-0.39, 0.29) is 0 Å². The zero-order valence-electron chi connectivity index (χ0n) is 16.3. The summed E-state index contributed by atoms with van der Waals surface area (Å²) in [6, 6.07) is 0. The summed E-state index contributed by atoms with van der Waals surface area (Å²) >= 11 is 1.88. The van der Waals surface area contributed by atoms with Gasteiger partial charge in [-0.15, -0.1) is 11.3 Å². The molecule has 2 fully saturated rings. The fourth-order valence-electron chi connectivity index (χ4n) is 4.37. The van der Waals surface area contributed by atoms with Gasteiger partial charge < -0.3 is 9.80 Å². The molecule has 5 rings (SSSR count). The molecule has 2 aromatic heterocycles. The first-order chi connectivity index (χ1) is 13.1. The van der Waals surface area contributed by atoms with E-state index in [4.69, 9.17) is 9.97 Å². The number of nitrogens with zero attached hydrogens (tertiary/aromatic N) is 4. The van der Waals surface area contributed by atoms with E-state index in [1.54, 1.807) is 0 Å². The largest absolute Gasteiger partial charge is 0.352 e. The van der Waals surface area contributed by atoms with Gasteiger partial charge >= 0.3 is 0 Å². The number of anilines is 1. The number of aryl methyl sites for hydroxylation is 2. The van der Waals surface area contributed by atoms with Gasteiger partial charge in [0.05, 0.1) is 5.39 Å². The standard InChI is InChI=1S/C21H28N4OS/c1-13(2)18-22-19(17-15-5-3-4-6-16(15)27-20(17)23-18)24-9-11-25(12-10-24)21(26)14-7-8-14/h13-14H,3-12H2,1-2H3. The van der Waals surface area contributed by atoms with Gasteiger partial charge in [-0.3, -0.25) is 4.79 Å². The van der Waals surface area contributed by atoms with Gasteiger partial charge in [-0.2, -0.15) is 0 Å². The molecule has 0 unspecified atom stereocenters. The number of carbonyl (C=O) groups excluding carboxylic acids is 1. The Morgan fingerprint density at radius 2 is 1.81 bits per heavy atom. The van der Waals surface area contributed by atoms with Crippen LogP contribution in [-0.2, 0) is 17.6 Å². The molecule has 2 aromatic rings. The van der Waals surface area contributed by atoms with E-state index in [0.717, 1.165) is 57.1 Å². The van der Waals surface area contributed by atoms with Crippen LogP contribution >= 0.6 is 11.3 Å². The van der Waals surface area contributed by atoms with Gasteiger partial charge in [-0.1, -0.05) is 13.8 Å². The Morgan fingerprint density at radius 3 is 2.52 bits per heavy atom. The van der Waals surface area contributed by atoms with Crippen LogP contribution in [0.4, 0.5) is 5.82 Å². The highest BCUT2D eigenvalue weighted by molar-refractivity contribution is 7.19. The molecule has 0 aromatic carbocycles. The number of aromatic nitrogens is 2. The highest BCUT2D eigenvalue weighted by atomic mass is 32.1. The molecule has 27 heavy (non-hydrogen) atoms. The molecule has 2 aliphatic carbocycles. The number of hydrogen-bond acceptors (Lipinski definition) is 5. The zero-order chi connectivity index (χ0) is 18.5. The average Bonchev–Trinajstić information content (AvgIpc) is 3.47. The molecule has 1 saturated carbocycles. The highest BCUT2D eigenvalue weighted by Gasteiger charge is 2.35. The third-order valence-corrected chi connectivity index (χ3v) is 7.33. The lowest BCUT2D eigenvalue weighted by atomic mass is 9.96. The number of rotatable bonds is 3. The molecule has 1 amide bonds. The minimum atomic E-state index is 0.318. The Balaban J connectivity index is 1.49. The lowest BCUT2D eigenvalue weighted by Crippen LogP contribution is -2.49. The van der Waals surface area contributed by atoms with Gasteiger partial charge in [-0.05, 0) is 44.1 Å². The molecule has 0 bridgehead atoms. The van der Waals surface area contributed by atoms with Crippen molar-refractivity contribution in [2.24, 2.45) is 5.92 Å². The van der Waals surface area contributed by atoms with Crippen LogP contribution in [0, 0.1) is 5.92 Å². The lowest BCUT2D eigenvalue weighted by Gasteiger charge is -2.36. The van der Waals surface area contributed by atoms with E-state index in [1.165, 1.54) is 39.9 Å². The maximum Gasteiger partial charge on any atom is 0.225 e. The normalized spacial score (nSPS) is 20.4. The van der Waals surface area contributed by atoms with Crippen molar-refractivity contribution >= 4 is 33.3 Å². The number of fused-ring (bicyclic) bond motifs is 3. The summed E-state index contributed by atoms with van der Waals surface area (Å²) in [4.78, 5) is 29.5. The van der Waals surface area contributed by atoms with Crippen molar-refractivity contribution < 1.29 is 4.79 Å². The number of piperazine rings is 1. The van der Waals surface area contributed by atoms with Crippen LogP contribution < -0.4 is 4.90 Å². The van der Waals surface area contributed by atoms with E-state index in [2.05, 4.69) is 23.6 Å². The molecular weight excluding hydrogens is 356 g/mol. The number of thiophene rings is 1. The lowest BCUT2D eigenvalue weighted by molar-refractivity contribution is -0.132. The molecule has 0 N–H and O–H groups in total. The van der Waals surface area contributed by atoms with E-state index in [0.29, 0.717) is 17.7 Å².